The lowest BCUT2D eigenvalue weighted by molar-refractivity contribution is 0.214. The third kappa shape index (κ3) is 1.74. The van der Waals surface area contributed by atoms with Crippen molar-refractivity contribution in [2.75, 3.05) is 0 Å². The predicted molar refractivity (Wildman–Crippen MR) is 45.9 cm³/mol. The molecule has 0 aromatic heterocycles. The highest BCUT2D eigenvalue weighted by Crippen LogP contribution is 2.42. The van der Waals surface area contributed by atoms with Gasteiger partial charge in [-0.1, -0.05) is 27.2 Å². The molecular weight excluding hydrogens is 134 g/mol. The maximum atomic E-state index is 8.85. The van der Waals surface area contributed by atoms with Gasteiger partial charge in [0.25, 0.3) is 0 Å². The van der Waals surface area contributed by atoms with Crippen LogP contribution in [0, 0.1) is 28.6 Å². The van der Waals surface area contributed by atoms with E-state index in [1.54, 1.807) is 0 Å². The minimum absolute atomic E-state index is 0.329. The Hall–Kier alpha value is -0.510. The molecule has 0 aliphatic heterocycles. The quantitative estimate of drug-likeness (QED) is 0.522. The molecule has 0 heterocycles. The van der Waals surface area contributed by atoms with Crippen molar-refractivity contribution >= 4 is 0 Å². The van der Waals surface area contributed by atoms with Crippen molar-refractivity contribution in [1.29, 1.82) is 5.26 Å². The molecule has 1 heteroatoms. The van der Waals surface area contributed by atoms with Crippen LogP contribution in [0.15, 0.2) is 0 Å². The Kier molecular flexibility index (Phi) is 2.23. The summed E-state index contributed by atoms with van der Waals surface area (Å²) in [7, 11) is 0. The van der Waals surface area contributed by atoms with Crippen LogP contribution in [0.4, 0.5) is 0 Å². The van der Waals surface area contributed by atoms with Gasteiger partial charge in [-0.2, -0.15) is 5.26 Å². The molecule has 0 amide bonds. The van der Waals surface area contributed by atoms with Crippen molar-refractivity contribution < 1.29 is 0 Å². The molecule has 0 saturated heterocycles. The molecule has 11 heavy (non-hydrogen) atoms. The molecule has 2 unspecified atom stereocenters. The molecule has 0 spiro atoms. The van der Waals surface area contributed by atoms with E-state index in [1.165, 1.54) is 12.8 Å². The second kappa shape index (κ2) is 2.85. The summed E-state index contributed by atoms with van der Waals surface area (Å²) in [6, 6.07) is 2.42. The fourth-order valence-electron chi connectivity index (χ4n) is 2.15. The summed E-state index contributed by atoms with van der Waals surface area (Å²) >= 11 is 0. The van der Waals surface area contributed by atoms with E-state index >= 15 is 0 Å². The number of nitriles is 1. The van der Waals surface area contributed by atoms with Crippen LogP contribution in [-0.4, -0.2) is 0 Å². The van der Waals surface area contributed by atoms with E-state index in [1.807, 2.05) is 0 Å². The van der Waals surface area contributed by atoms with Crippen molar-refractivity contribution in [3.63, 3.8) is 0 Å². The Labute approximate surface area is 69.4 Å². The zero-order valence-corrected chi connectivity index (χ0v) is 7.72. The first-order chi connectivity index (χ1) is 5.05. The molecule has 0 aromatic carbocycles. The maximum absolute atomic E-state index is 8.85. The molecule has 0 N–H and O–H groups in total. The van der Waals surface area contributed by atoms with Gasteiger partial charge in [-0.3, -0.25) is 0 Å². The van der Waals surface area contributed by atoms with Gasteiger partial charge in [0.05, 0.1) is 6.07 Å². The summed E-state index contributed by atoms with van der Waals surface area (Å²) in [4.78, 5) is 0. The van der Waals surface area contributed by atoms with Crippen LogP contribution in [0.2, 0.25) is 0 Å². The van der Waals surface area contributed by atoms with Crippen LogP contribution in [-0.2, 0) is 0 Å². The Morgan fingerprint density at radius 3 is 2.27 bits per heavy atom. The van der Waals surface area contributed by atoms with Gasteiger partial charge in [-0.15, -0.1) is 0 Å². The summed E-state index contributed by atoms with van der Waals surface area (Å²) in [5.74, 6) is 0.961. The Bertz CT molecular complexity index is 170. The van der Waals surface area contributed by atoms with Crippen LogP contribution in [0.3, 0.4) is 0 Å². The summed E-state index contributed by atoms with van der Waals surface area (Å²) in [5.41, 5.74) is 0.330. The SMILES string of the molecule is CC(C)(C)C1CCCC1C#N. The minimum atomic E-state index is 0.329. The molecule has 1 fully saturated rings. The normalized spacial score (nSPS) is 31.8. The van der Waals surface area contributed by atoms with Gasteiger partial charge in [-0.25, -0.2) is 0 Å². The van der Waals surface area contributed by atoms with E-state index < -0.39 is 0 Å². The van der Waals surface area contributed by atoms with E-state index in [9.17, 15) is 0 Å². The third-order valence-corrected chi connectivity index (χ3v) is 2.79. The fraction of sp³-hybridized carbons (Fsp3) is 0.900. The topological polar surface area (TPSA) is 23.8 Å². The predicted octanol–water partition coefficient (Wildman–Crippen LogP) is 2.97. The lowest BCUT2D eigenvalue weighted by Crippen LogP contribution is -2.22. The largest absolute Gasteiger partial charge is 0.198 e. The van der Waals surface area contributed by atoms with Gasteiger partial charge in [0.15, 0.2) is 0 Å². The fourth-order valence-corrected chi connectivity index (χ4v) is 2.15. The summed E-state index contributed by atoms with van der Waals surface area (Å²) in [5, 5.41) is 8.85. The molecule has 1 saturated carbocycles. The molecule has 0 bridgehead atoms. The van der Waals surface area contributed by atoms with Crippen molar-refractivity contribution in [3.05, 3.63) is 0 Å². The average Bonchev–Trinajstić information content (AvgIpc) is 2.31. The highest BCUT2D eigenvalue weighted by Gasteiger charge is 2.35. The number of hydrogen-bond acceptors (Lipinski definition) is 1. The van der Waals surface area contributed by atoms with Gasteiger partial charge in [0.1, 0.15) is 0 Å². The zero-order valence-electron chi connectivity index (χ0n) is 7.72. The average molecular weight is 151 g/mol. The van der Waals surface area contributed by atoms with Gasteiger partial charge >= 0.3 is 0 Å². The van der Waals surface area contributed by atoms with Crippen LogP contribution in [0.1, 0.15) is 40.0 Å². The van der Waals surface area contributed by atoms with E-state index in [0.717, 1.165) is 6.42 Å². The molecule has 0 radical (unpaired) electrons. The molecular formula is C10H17N. The summed E-state index contributed by atoms with van der Waals surface area (Å²) in [6.45, 7) is 6.73. The van der Waals surface area contributed by atoms with Gasteiger partial charge in [0.2, 0.25) is 0 Å². The first-order valence-corrected chi connectivity index (χ1v) is 4.45. The van der Waals surface area contributed by atoms with E-state index in [-0.39, 0.29) is 0 Å². The smallest absolute Gasteiger partial charge is 0.0658 e. The standard InChI is InChI=1S/C10H17N/c1-10(2,3)9-6-4-5-8(9)7-11/h8-9H,4-6H2,1-3H3. The Morgan fingerprint density at radius 2 is 1.91 bits per heavy atom. The van der Waals surface area contributed by atoms with Gasteiger partial charge in [0, 0.05) is 5.92 Å². The number of rotatable bonds is 0. The Balaban J connectivity index is 2.66. The zero-order chi connectivity index (χ0) is 8.48. The van der Waals surface area contributed by atoms with E-state index in [0.29, 0.717) is 17.3 Å². The highest BCUT2D eigenvalue weighted by molar-refractivity contribution is 4.96. The van der Waals surface area contributed by atoms with Crippen molar-refractivity contribution in [1.82, 2.24) is 0 Å². The van der Waals surface area contributed by atoms with Crippen LogP contribution in [0.5, 0.6) is 0 Å². The summed E-state index contributed by atoms with van der Waals surface area (Å²) < 4.78 is 0. The van der Waals surface area contributed by atoms with Crippen molar-refractivity contribution in [3.8, 4) is 6.07 Å². The minimum Gasteiger partial charge on any atom is -0.198 e. The molecule has 1 rings (SSSR count). The maximum Gasteiger partial charge on any atom is 0.0658 e. The third-order valence-electron chi connectivity index (χ3n) is 2.79. The van der Waals surface area contributed by atoms with Crippen LogP contribution >= 0.6 is 0 Å². The first-order valence-electron chi connectivity index (χ1n) is 4.45. The molecule has 1 aliphatic carbocycles. The van der Waals surface area contributed by atoms with E-state index in [2.05, 4.69) is 26.8 Å². The highest BCUT2D eigenvalue weighted by atomic mass is 14.4. The number of nitrogens with zero attached hydrogens (tertiary/aromatic N) is 1. The van der Waals surface area contributed by atoms with Gasteiger partial charge in [-0.05, 0) is 24.2 Å². The lowest BCUT2D eigenvalue weighted by atomic mass is 9.75. The van der Waals surface area contributed by atoms with E-state index in [4.69, 9.17) is 5.26 Å². The van der Waals surface area contributed by atoms with Crippen molar-refractivity contribution in [2.45, 2.75) is 40.0 Å². The lowest BCUT2D eigenvalue weighted by Gasteiger charge is -2.28. The monoisotopic (exact) mass is 151 g/mol. The van der Waals surface area contributed by atoms with Crippen LogP contribution in [0.25, 0.3) is 0 Å². The second-order valence-electron chi connectivity index (χ2n) is 4.64. The molecule has 62 valence electrons. The van der Waals surface area contributed by atoms with Crippen LogP contribution < -0.4 is 0 Å². The molecule has 2 atom stereocenters. The molecule has 1 aliphatic rings. The molecule has 1 nitrogen and oxygen atoms in total. The number of hydrogen-bond donors (Lipinski definition) is 0. The second-order valence-corrected chi connectivity index (χ2v) is 4.64. The Morgan fingerprint density at radius 1 is 1.27 bits per heavy atom. The molecule has 0 aromatic rings. The first kappa shape index (κ1) is 8.59. The van der Waals surface area contributed by atoms with Gasteiger partial charge < -0.3 is 0 Å². The summed E-state index contributed by atoms with van der Waals surface area (Å²) in [6.07, 6.45) is 3.63. The van der Waals surface area contributed by atoms with Crippen molar-refractivity contribution in [2.24, 2.45) is 17.3 Å².